The van der Waals surface area contributed by atoms with Crippen LogP contribution in [0.2, 0.25) is 0 Å². The zero-order valence-corrected chi connectivity index (χ0v) is 8.25. The van der Waals surface area contributed by atoms with Crippen molar-refractivity contribution in [2.24, 2.45) is 0 Å². The van der Waals surface area contributed by atoms with Crippen LogP contribution in [0.15, 0.2) is 0 Å². The SMILES string of the molecule is CCCCC[C@@H](Cl)[C@@H](C)Cl. The fourth-order valence-corrected chi connectivity index (χ4v) is 1.10. The highest BCUT2D eigenvalue weighted by atomic mass is 35.5. The summed E-state index contributed by atoms with van der Waals surface area (Å²) in [6.07, 6.45) is 4.79. The fourth-order valence-electron chi connectivity index (χ4n) is 0.819. The van der Waals surface area contributed by atoms with E-state index in [1.54, 1.807) is 0 Å². The summed E-state index contributed by atoms with van der Waals surface area (Å²) in [7, 11) is 0. The van der Waals surface area contributed by atoms with Gasteiger partial charge in [-0.15, -0.1) is 23.2 Å². The van der Waals surface area contributed by atoms with Gasteiger partial charge in [-0.3, -0.25) is 0 Å². The van der Waals surface area contributed by atoms with E-state index in [2.05, 4.69) is 6.92 Å². The van der Waals surface area contributed by atoms with Crippen LogP contribution in [0.1, 0.15) is 39.5 Å². The van der Waals surface area contributed by atoms with Crippen LogP contribution in [0.3, 0.4) is 0 Å². The summed E-state index contributed by atoms with van der Waals surface area (Å²) in [4.78, 5) is 0. The number of rotatable bonds is 5. The summed E-state index contributed by atoms with van der Waals surface area (Å²) in [6, 6.07) is 0. The van der Waals surface area contributed by atoms with Crippen molar-refractivity contribution >= 4 is 23.2 Å². The summed E-state index contributed by atoms with van der Waals surface area (Å²) in [5, 5.41) is 0.270. The summed E-state index contributed by atoms with van der Waals surface area (Å²) >= 11 is 11.7. The van der Waals surface area contributed by atoms with Gasteiger partial charge in [0, 0.05) is 10.8 Å². The normalized spacial score (nSPS) is 16.8. The van der Waals surface area contributed by atoms with Crippen molar-refractivity contribution in [3.8, 4) is 0 Å². The van der Waals surface area contributed by atoms with Crippen LogP contribution < -0.4 is 0 Å². The molecule has 0 fully saturated rings. The second kappa shape index (κ2) is 6.30. The number of unbranched alkanes of at least 4 members (excludes halogenated alkanes) is 2. The van der Waals surface area contributed by atoms with Crippen LogP contribution >= 0.6 is 23.2 Å². The van der Waals surface area contributed by atoms with Crippen molar-refractivity contribution in [1.82, 2.24) is 0 Å². The standard InChI is InChI=1S/C8H16Cl2/c1-3-4-5-6-8(10)7(2)9/h7-8H,3-6H2,1-2H3/t7-,8-/m1/s1. The summed E-state index contributed by atoms with van der Waals surface area (Å²) < 4.78 is 0. The first-order chi connectivity index (χ1) is 4.68. The zero-order chi connectivity index (χ0) is 7.98. The van der Waals surface area contributed by atoms with E-state index in [4.69, 9.17) is 23.2 Å². The molecule has 10 heavy (non-hydrogen) atoms. The molecule has 2 heteroatoms. The van der Waals surface area contributed by atoms with Crippen LogP contribution in [0.5, 0.6) is 0 Å². The Morgan fingerprint density at radius 2 is 1.80 bits per heavy atom. The third kappa shape index (κ3) is 5.37. The van der Waals surface area contributed by atoms with Gasteiger partial charge in [0.1, 0.15) is 0 Å². The van der Waals surface area contributed by atoms with E-state index >= 15 is 0 Å². The molecule has 0 aromatic rings. The molecular weight excluding hydrogens is 167 g/mol. The van der Waals surface area contributed by atoms with Crippen LogP contribution in [0.4, 0.5) is 0 Å². The molecule has 0 saturated carbocycles. The van der Waals surface area contributed by atoms with Crippen molar-refractivity contribution in [3.05, 3.63) is 0 Å². The molecule has 0 bridgehead atoms. The lowest BCUT2D eigenvalue weighted by atomic mass is 10.1. The molecule has 0 rings (SSSR count). The van der Waals surface area contributed by atoms with Gasteiger partial charge in [0.05, 0.1) is 0 Å². The minimum absolute atomic E-state index is 0.110. The van der Waals surface area contributed by atoms with Gasteiger partial charge in [0.2, 0.25) is 0 Å². The van der Waals surface area contributed by atoms with Gasteiger partial charge in [-0.2, -0.15) is 0 Å². The van der Waals surface area contributed by atoms with E-state index in [0.29, 0.717) is 0 Å². The maximum absolute atomic E-state index is 5.92. The lowest BCUT2D eigenvalue weighted by molar-refractivity contribution is 0.634. The Morgan fingerprint density at radius 1 is 1.20 bits per heavy atom. The van der Waals surface area contributed by atoms with Gasteiger partial charge in [-0.25, -0.2) is 0 Å². The Balaban J connectivity index is 3.13. The van der Waals surface area contributed by atoms with Gasteiger partial charge in [0.25, 0.3) is 0 Å². The molecule has 2 atom stereocenters. The fraction of sp³-hybridized carbons (Fsp3) is 1.00. The van der Waals surface area contributed by atoms with Crippen molar-refractivity contribution < 1.29 is 0 Å². The molecule has 0 aromatic carbocycles. The molecule has 0 aromatic heterocycles. The lowest BCUT2D eigenvalue weighted by Gasteiger charge is -2.09. The van der Waals surface area contributed by atoms with Crippen LogP contribution in [-0.4, -0.2) is 10.8 Å². The highest BCUT2D eigenvalue weighted by Crippen LogP contribution is 2.16. The third-order valence-electron chi connectivity index (χ3n) is 1.58. The molecular formula is C8H16Cl2. The van der Waals surface area contributed by atoms with Gasteiger partial charge in [-0.1, -0.05) is 26.2 Å². The molecule has 0 unspecified atom stereocenters. The number of hydrogen-bond donors (Lipinski definition) is 0. The molecule has 0 nitrogen and oxygen atoms in total. The molecule has 0 saturated heterocycles. The molecule has 0 amide bonds. The molecule has 0 N–H and O–H groups in total. The van der Waals surface area contributed by atoms with Gasteiger partial charge in [-0.05, 0) is 13.3 Å². The van der Waals surface area contributed by atoms with Gasteiger partial charge >= 0.3 is 0 Å². The summed E-state index contributed by atoms with van der Waals surface area (Å²) in [5.74, 6) is 0. The zero-order valence-electron chi connectivity index (χ0n) is 6.74. The van der Waals surface area contributed by atoms with E-state index in [1.165, 1.54) is 19.3 Å². The van der Waals surface area contributed by atoms with E-state index in [-0.39, 0.29) is 10.8 Å². The maximum Gasteiger partial charge on any atom is 0.0497 e. The predicted molar refractivity (Wildman–Crippen MR) is 49.1 cm³/mol. The Bertz CT molecular complexity index is 71.7. The van der Waals surface area contributed by atoms with Crippen LogP contribution in [0, 0.1) is 0 Å². The Hall–Kier alpha value is 0.580. The maximum atomic E-state index is 5.92. The second-order valence-corrected chi connectivity index (χ2v) is 3.94. The van der Waals surface area contributed by atoms with E-state index < -0.39 is 0 Å². The molecule has 0 aliphatic heterocycles. The Labute approximate surface area is 73.9 Å². The molecule has 0 aliphatic rings. The van der Waals surface area contributed by atoms with Crippen molar-refractivity contribution in [2.75, 3.05) is 0 Å². The average Bonchev–Trinajstić information content (AvgIpc) is 1.88. The molecule has 0 aliphatic carbocycles. The van der Waals surface area contributed by atoms with Crippen molar-refractivity contribution in [1.29, 1.82) is 0 Å². The highest BCUT2D eigenvalue weighted by molar-refractivity contribution is 6.29. The van der Waals surface area contributed by atoms with Crippen LogP contribution in [-0.2, 0) is 0 Å². The van der Waals surface area contributed by atoms with Crippen LogP contribution in [0.25, 0.3) is 0 Å². The quantitative estimate of drug-likeness (QED) is 0.449. The van der Waals surface area contributed by atoms with E-state index in [1.807, 2.05) is 6.92 Å². The van der Waals surface area contributed by atoms with Crippen molar-refractivity contribution in [2.45, 2.75) is 50.3 Å². The first-order valence-corrected chi connectivity index (χ1v) is 4.84. The average molecular weight is 183 g/mol. The summed E-state index contributed by atoms with van der Waals surface area (Å²) in [6.45, 7) is 4.14. The van der Waals surface area contributed by atoms with Gasteiger partial charge in [0.15, 0.2) is 0 Å². The first kappa shape index (κ1) is 10.6. The lowest BCUT2D eigenvalue weighted by Crippen LogP contribution is -2.10. The topological polar surface area (TPSA) is 0 Å². The smallest absolute Gasteiger partial charge is 0.0497 e. The Morgan fingerprint density at radius 3 is 2.20 bits per heavy atom. The molecule has 0 spiro atoms. The monoisotopic (exact) mass is 182 g/mol. The Kier molecular flexibility index (Phi) is 6.67. The largest absolute Gasteiger partial charge is 0.122 e. The third-order valence-corrected chi connectivity index (χ3v) is 2.61. The molecule has 0 radical (unpaired) electrons. The predicted octanol–water partition coefficient (Wildman–Crippen LogP) is 3.80. The minimum atomic E-state index is 0.110. The number of hydrogen-bond acceptors (Lipinski definition) is 0. The first-order valence-electron chi connectivity index (χ1n) is 3.96. The molecule has 0 heterocycles. The van der Waals surface area contributed by atoms with E-state index in [0.717, 1.165) is 6.42 Å². The van der Waals surface area contributed by atoms with E-state index in [9.17, 15) is 0 Å². The minimum Gasteiger partial charge on any atom is -0.122 e. The summed E-state index contributed by atoms with van der Waals surface area (Å²) in [5.41, 5.74) is 0. The number of alkyl halides is 2. The highest BCUT2D eigenvalue weighted by Gasteiger charge is 2.09. The number of halogens is 2. The van der Waals surface area contributed by atoms with Crippen molar-refractivity contribution in [3.63, 3.8) is 0 Å². The van der Waals surface area contributed by atoms with Gasteiger partial charge < -0.3 is 0 Å². The second-order valence-electron chi connectivity index (χ2n) is 2.69. The molecule has 62 valence electrons.